The van der Waals surface area contributed by atoms with Crippen LogP contribution in [0.2, 0.25) is 0 Å². The van der Waals surface area contributed by atoms with E-state index in [0.29, 0.717) is 13.0 Å². The first-order valence-corrected chi connectivity index (χ1v) is 9.59. The zero-order chi connectivity index (χ0) is 17.9. The molecule has 1 aromatic carbocycles. The van der Waals surface area contributed by atoms with Crippen molar-refractivity contribution in [3.8, 4) is 0 Å². The van der Waals surface area contributed by atoms with Crippen LogP contribution in [-0.4, -0.2) is 53.4 Å². The molecule has 1 N–H and O–H groups in total. The first-order chi connectivity index (χ1) is 12.0. The summed E-state index contributed by atoms with van der Waals surface area (Å²) in [5, 5.41) is 9.64. The van der Waals surface area contributed by atoms with Crippen molar-refractivity contribution in [2.75, 3.05) is 26.8 Å². The van der Waals surface area contributed by atoms with Crippen molar-refractivity contribution in [3.05, 3.63) is 30.3 Å². The van der Waals surface area contributed by atoms with Gasteiger partial charge in [0.05, 0.1) is 11.4 Å². The smallest absolute Gasteiger partial charge is 0.313 e. The number of aliphatic carboxylic acids is 1. The number of carboxylic acid groups (broad SMARTS) is 1. The van der Waals surface area contributed by atoms with Crippen molar-refractivity contribution in [2.24, 2.45) is 5.41 Å². The van der Waals surface area contributed by atoms with Crippen LogP contribution in [0.5, 0.6) is 0 Å². The van der Waals surface area contributed by atoms with Crippen LogP contribution in [0.4, 0.5) is 0 Å². The van der Waals surface area contributed by atoms with E-state index in [1.165, 1.54) is 7.11 Å². The maximum Gasteiger partial charge on any atom is 0.313 e. The zero-order valence-electron chi connectivity index (χ0n) is 14.6. The van der Waals surface area contributed by atoms with Gasteiger partial charge in [0.15, 0.2) is 0 Å². The zero-order valence-corrected chi connectivity index (χ0v) is 15.4. The van der Waals surface area contributed by atoms with E-state index < -0.39 is 16.1 Å². The number of nitrogens with zero attached hydrogens (tertiary/aromatic N) is 1. The highest BCUT2D eigenvalue weighted by molar-refractivity contribution is 8.01. The van der Waals surface area contributed by atoms with Gasteiger partial charge in [0, 0.05) is 25.1 Å². The number of ether oxygens (including phenoxy) is 1. The van der Waals surface area contributed by atoms with Crippen molar-refractivity contribution in [1.29, 1.82) is 0 Å². The van der Waals surface area contributed by atoms with Crippen LogP contribution < -0.4 is 0 Å². The predicted molar refractivity (Wildman–Crippen MR) is 96.6 cm³/mol. The number of thioether (sulfide) groups is 1. The molecule has 1 aliphatic carbocycles. The molecule has 2 aliphatic rings. The molecule has 6 heteroatoms. The van der Waals surface area contributed by atoms with E-state index in [9.17, 15) is 14.7 Å². The van der Waals surface area contributed by atoms with Gasteiger partial charge in [0.1, 0.15) is 5.41 Å². The van der Waals surface area contributed by atoms with Crippen LogP contribution in [-0.2, 0) is 14.3 Å². The maximum absolute atomic E-state index is 13.4. The maximum atomic E-state index is 13.4. The third kappa shape index (κ3) is 3.55. The number of hydrogen-bond acceptors (Lipinski definition) is 4. The van der Waals surface area contributed by atoms with E-state index >= 15 is 0 Å². The fraction of sp³-hybridized carbons (Fsp3) is 0.579. The number of likely N-dealkylation sites (tertiary alicyclic amines) is 1. The molecule has 0 radical (unpaired) electrons. The fourth-order valence-corrected chi connectivity index (χ4v) is 5.44. The summed E-state index contributed by atoms with van der Waals surface area (Å²) in [5.41, 5.74) is -0.971. The van der Waals surface area contributed by atoms with Gasteiger partial charge in [-0.2, -0.15) is 0 Å². The third-order valence-electron chi connectivity index (χ3n) is 5.37. The molecule has 1 aliphatic heterocycles. The summed E-state index contributed by atoms with van der Waals surface area (Å²) >= 11 is 1.65. The molecule has 1 saturated heterocycles. The molecule has 2 fully saturated rings. The minimum Gasteiger partial charge on any atom is -0.481 e. The van der Waals surface area contributed by atoms with E-state index in [0.717, 1.165) is 30.6 Å². The molecule has 1 amide bonds. The molecule has 0 spiro atoms. The number of rotatable bonds is 6. The second kappa shape index (κ2) is 7.38. The van der Waals surface area contributed by atoms with Gasteiger partial charge in [-0.3, -0.25) is 9.59 Å². The van der Waals surface area contributed by atoms with E-state index in [1.54, 1.807) is 16.7 Å². The van der Waals surface area contributed by atoms with E-state index in [-0.39, 0.29) is 19.1 Å². The van der Waals surface area contributed by atoms with Crippen LogP contribution in [0.15, 0.2) is 35.2 Å². The number of carbonyl (C=O) groups excluding carboxylic acids is 1. The lowest BCUT2D eigenvalue weighted by Gasteiger charge is -2.33. The Balaban J connectivity index is 1.79. The standard InChI is InChI=1S/C19H25NO4S/c1-24-14-18(17(22)23)11-12-20(13-18)16(21)19(9-5-6-10-19)25-15-7-3-2-4-8-15/h2-4,7-8H,5-6,9-14H2,1H3,(H,22,23). The summed E-state index contributed by atoms with van der Waals surface area (Å²) in [6.45, 7) is 0.878. The van der Waals surface area contributed by atoms with Gasteiger partial charge in [-0.15, -0.1) is 11.8 Å². The predicted octanol–water partition coefficient (Wildman–Crippen LogP) is 3.04. The van der Waals surface area contributed by atoms with Crippen LogP contribution in [0, 0.1) is 5.41 Å². The van der Waals surface area contributed by atoms with Crippen molar-refractivity contribution in [2.45, 2.75) is 41.7 Å². The topological polar surface area (TPSA) is 66.8 Å². The molecular weight excluding hydrogens is 338 g/mol. The number of amides is 1. The molecule has 0 aromatic heterocycles. The van der Waals surface area contributed by atoms with Gasteiger partial charge >= 0.3 is 5.97 Å². The summed E-state index contributed by atoms with van der Waals surface area (Å²) in [7, 11) is 1.51. The monoisotopic (exact) mass is 363 g/mol. The van der Waals surface area contributed by atoms with Gasteiger partial charge < -0.3 is 14.7 Å². The van der Waals surface area contributed by atoms with Crippen LogP contribution >= 0.6 is 11.8 Å². The lowest BCUT2D eigenvalue weighted by molar-refractivity contribution is -0.151. The Kier molecular flexibility index (Phi) is 5.39. The summed E-state index contributed by atoms with van der Waals surface area (Å²) < 4.78 is 4.69. The minimum absolute atomic E-state index is 0.0954. The SMILES string of the molecule is COCC1(C(=O)O)CCN(C(=O)C2(Sc3ccccc3)CCCC2)C1. The number of hydrogen-bond donors (Lipinski definition) is 1. The van der Waals surface area contributed by atoms with Gasteiger partial charge in [-0.25, -0.2) is 0 Å². The lowest BCUT2D eigenvalue weighted by atomic mass is 9.88. The molecular formula is C19H25NO4S. The second-order valence-corrected chi connectivity index (χ2v) is 8.57. The average Bonchev–Trinajstić information content (AvgIpc) is 3.24. The Morgan fingerprint density at radius 1 is 1.20 bits per heavy atom. The first-order valence-electron chi connectivity index (χ1n) is 8.77. The normalized spacial score (nSPS) is 25.2. The summed E-state index contributed by atoms with van der Waals surface area (Å²) in [6.07, 6.45) is 4.25. The molecule has 5 nitrogen and oxygen atoms in total. The molecule has 136 valence electrons. The Bertz CT molecular complexity index is 630. The second-order valence-electron chi connectivity index (χ2n) is 7.11. The largest absolute Gasteiger partial charge is 0.481 e. The molecule has 1 unspecified atom stereocenters. The molecule has 1 atom stereocenters. The third-order valence-corrected chi connectivity index (χ3v) is 6.85. The van der Waals surface area contributed by atoms with Crippen molar-refractivity contribution in [1.82, 2.24) is 4.90 Å². The quantitative estimate of drug-likeness (QED) is 0.841. The summed E-state index contributed by atoms with van der Waals surface area (Å²) in [5.74, 6) is -0.779. The lowest BCUT2D eigenvalue weighted by Crippen LogP contribution is -2.47. The Morgan fingerprint density at radius 3 is 2.48 bits per heavy atom. The van der Waals surface area contributed by atoms with Crippen LogP contribution in [0.1, 0.15) is 32.1 Å². The minimum atomic E-state index is -0.971. The van der Waals surface area contributed by atoms with Crippen molar-refractivity contribution >= 4 is 23.6 Å². The molecule has 3 rings (SSSR count). The molecule has 25 heavy (non-hydrogen) atoms. The number of carbonyl (C=O) groups is 2. The highest BCUT2D eigenvalue weighted by Crippen LogP contribution is 2.47. The molecule has 1 aromatic rings. The molecule has 1 heterocycles. The van der Waals surface area contributed by atoms with E-state index in [2.05, 4.69) is 0 Å². The highest BCUT2D eigenvalue weighted by atomic mass is 32.2. The van der Waals surface area contributed by atoms with Crippen LogP contribution in [0.3, 0.4) is 0 Å². The summed E-state index contributed by atoms with van der Waals surface area (Å²) in [6, 6.07) is 10.0. The molecule has 1 saturated carbocycles. The van der Waals surface area contributed by atoms with Gasteiger partial charge in [0.25, 0.3) is 0 Å². The Hall–Kier alpha value is -1.53. The number of methoxy groups -OCH3 is 1. The average molecular weight is 363 g/mol. The first kappa shape index (κ1) is 18.3. The van der Waals surface area contributed by atoms with E-state index in [4.69, 9.17) is 4.74 Å². The van der Waals surface area contributed by atoms with E-state index in [1.807, 2.05) is 30.3 Å². The van der Waals surface area contributed by atoms with Gasteiger partial charge in [-0.05, 0) is 31.4 Å². The Morgan fingerprint density at radius 2 is 1.88 bits per heavy atom. The molecule has 0 bridgehead atoms. The van der Waals surface area contributed by atoms with Gasteiger partial charge in [-0.1, -0.05) is 31.0 Å². The van der Waals surface area contributed by atoms with Crippen molar-refractivity contribution < 1.29 is 19.4 Å². The summed E-state index contributed by atoms with van der Waals surface area (Å²) in [4.78, 5) is 28.0. The fourth-order valence-electron chi connectivity index (χ4n) is 3.98. The van der Waals surface area contributed by atoms with Crippen molar-refractivity contribution in [3.63, 3.8) is 0 Å². The van der Waals surface area contributed by atoms with Crippen LogP contribution in [0.25, 0.3) is 0 Å². The van der Waals surface area contributed by atoms with Gasteiger partial charge in [0.2, 0.25) is 5.91 Å². The number of carboxylic acids is 1. The number of benzene rings is 1. The highest BCUT2D eigenvalue weighted by Gasteiger charge is 2.51. The Labute approximate surface area is 152 Å².